The number of anilines is 1. The number of thioether (sulfide) groups is 1. The van der Waals surface area contributed by atoms with Crippen LogP contribution in [-0.4, -0.2) is 38.5 Å². The molecule has 0 unspecified atom stereocenters. The van der Waals surface area contributed by atoms with E-state index >= 15 is 0 Å². The van der Waals surface area contributed by atoms with Crippen LogP contribution >= 0.6 is 11.8 Å². The number of nitrogens with zero attached hydrogens (tertiary/aromatic N) is 4. The van der Waals surface area contributed by atoms with Crippen molar-refractivity contribution in [2.24, 2.45) is 0 Å². The lowest BCUT2D eigenvalue weighted by atomic mass is 10.0. The molecule has 0 aliphatic rings. The molecule has 2 aromatic carbocycles. The largest absolute Gasteiger partial charge is 0.494 e. The molecule has 28 heavy (non-hydrogen) atoms. The molecule has 0 saturated carbocycles. The Morgan fingerprint density at radius 3 is 2.50 bits per heavy atom. The van der Waals surface area contributed by atoms with Gasteiger partial charge in [-0.05, 0) is 65.2 Å². The van der Waals surface area contributed by atoms with Gasteiger partial charge in [-0.2, -0.15) is 4.68 Å². The third kappa shape index (κ3) is 5.10. The number of carbonyl (C=O) groups is 1. The fourth-order valence-electron chi connectivity index (χ4n) is 2.56. The molecular formula is C20H23N5O2S. The van der Waals surface area contributed by atoms with Crippen LogP contribution in [0, 0.1) is 0 Å². The van der Waals surface area contributed by atoms with Gasteiger partial charge in [0.2, 0.25) is 11.1 Å². The van der Waals surface area contributed by atoms with Gasteiger partial charge >= 0.3 is 0 Å². The Morgan fingerprint density at radius 1 is 1.14 bits per heavy atom. The van der Waals surface area contributed by atoms with Gasteiger partial charge in [0.15, 0.2) is 0 Å². The van der Waals surface area contributed by atoms with E-state index in [-0.39, 0.29) is 11.7 Å². The first-order valence-corrected chi connectivity index (χ1v) is 10.1. The van der Waals surface area contributed by atoms with E-state index in [1.807, 2.05) is 43.3 Å². The van der Waals surface area contributed by atoms with E-state index in [0.717, 1.165) is 17.1 Å². The summed E-state index contributed by atoms with van der Waals surface area (Å²) in [5.41, 5.74) is 2.84. The van der Waals surface area contributed by atoms with Crippen LogP contribution in [0.5, 0.6) is 5.75 Å². The Bertz CT molecular complexity index is 907. The molecule has 1 heterocycles. The van der Waals surface area contributed by atoms with Crippen molar-refractivity contribution in [1.29, 1.82) is 0 Å². The zero-order valence-corrected chi connectivity index (χ0v) is 16.9. The highest BCUT2D eigenvalue weighted by Gasteiger charge is 2.12. The second-order valence-corrected chi connectivity index (χ2v) is 7.36. The molecule has 0 saturated heterocycles. The van der Waals surface area contributed by atoms with Gasteiger partial charge in [0.25, 0.3) is 0 Å². The van der Waals surface area contributed by atoms with Gasteiger partial charge in [-0.3, -0.25) is 4.79 Å². The third-order valence-electron chi connectivity index (χ3n) is 4.03. The highest BCUT2D eigenvalue weighted by molar-refractivity contribution is 7.99. The zero-order valence-electron chi connectivity index (χ0n) is 16.1. The molecule has 3 rings (SSSR count). The van der Waals surface area contributed by atoms with Gasteiger partial charge in [-0.25, -0.2) is 0 Å². The molecule has 8 heteroatoms. The highest BCUT2D eigenvalue weighted by Crippen LogP contribution is 2.21. The van der Waals surface area contributed by atoms with Gasteiger partial charge in [-0.15, -0.1) is 5.10 Å². The lowest BCUT2D eigenvalue weighted by Gasteiger charge is -2.08. The predicted molar refractivity (Wildman–Crippen MR) is 110 cm³/mol. The van der Waals surface area contributed by atoms with Crippen LogP contribution < -0.4 is 10.1 Å². The van der Waals surface area contributed by atoms with Crippen molar-refractivity contribution in [3.05, 3.63) is 54.1 Å². The van der Waals surface area contributed by atoms with Gasteiger partial charge in [-0.1, -0.05) is 37.7 Å². The molecule has 0 aliphatic carbocycles. The Kier molecular flexibility index (Phi) is 6.65. The first-order valence-electron chi connectivity index (χ1n) is 9.11. The van der Waals surface area contributed by atoms with E-state index in [1.165, 1.54) is 17.3 Å². The number of benzene rings is 2. The highest BCUT2D eigenvalue weighted by atomic mass is 32.2. The van der Waals surface area contributed by atoms with Crippen LogP contribution in [0.15, 0.2) is 53.7 Å². The number of nitrogens with one attached hydrogen (secondary N) is 1. The molecule has 1 N–H and O–H groups in total. The first-order chi connectivity index (χ1) is 13.6. The lowest BCUT2D eigenvalue weighted by Crippen LogP contribution is -2.14. The Hall–Kier alpha value is -2.87. The second kappa shape index (κ2) is 9.36. The monoisotopic (exact) mass is 397 g/mol. The molecule has 7 nitrogen and oxygen atoms in total. The summed E-state index contributed by atoms with van der Waals surface area (Å²) in [6.07, 6.45) is 0. The smallest absolute Gasteiger partial charge is 0.234 e. The van der Waals surface area contributed by atoms with Crippen molar-refractivity contribution in [2.45, 2.75) is 31.8 Å². The molecule has 1 amide bonds. The summed E-state index contributed by atoms with van der Waals surface area (Å²) in [5, 5.41) is 15.2. The van der Waals surface area contributed by atoms with Gasteiger partial charge in [0.05, 0.1) is 18.0 Å². The number of tetrazole rings is 1. The molecule has 0 bridgehead atoms. The summed E-state index contributed by atoms with van der Waals surface area (Å²) >= 11 is 1.29. The topological polar surface area (TPSA) is 81.9 Å². The van der Waals surface area contributed by atoms with Crippen LogP contribution in [0.2, 0.25) is 0 Å². The number of ether oxygens (including phenoxy) is 1. The number of amides is 1. The van der Waals surface area contributed by atoms with Crippen molar-refractivity contribution < 1.29 is 9.53 Å². The van der Waals surface area contributed by atoms with E-state index in [1.54, 1.807) is 4.68 Å². The van der Waals surface area contributed by atoms with Crippen LogP contribution in [0.4, 0.5) is 5.69 Å². The summed E-state index contributed by atoms with van der Waals surface area (Å²) < 4.78 is 7.03. The fraction of sp³-hybridized carbons (Fsp3) is 0.300. The van der Waals surface area contributed by atoms with Crippen LogP contribution in [-0.2, 0) is 4.79 Å². The van der Waals surface area contributed by atoms with Crippen molar-refractivity contribution >= 4 is 23.4 Å². The SMILES string of the molecule is CCOc1ccc(NC(=O)CSc2nnnn2-c2ccc(C(C)C)cc2)cc1. The molecule has 3 aromatic rings. The number of hydrogen-bond donors (Lipinski definition) is 1. The normalized spacial score (nSPS) is 10.9. The zero-order chi connectivity index (χ0) is 19.9. The molecular weight excluding hydrogens is 374 g/mol. The number of hydrogen-bond acceptors (Lipinski definition) is 6. The van der Waals surface area contributed by atoms with Crippen molar-refractivity contribution in [1.82, 2.24) is 20.2 Å². The van der Waals surface area contributed by atoms with Crippen LogP contribution in [0.25, 0.3) is 5.69 Å². The Balaban J connectivity index is 1.59. The summed E-state index contributed by atoms with van der Waals surface area (Å²) in [4.78, 5) is 12.2. The molecule has 0 radical (unpaired) electrons. The number of rotatable bonds is 8. The average Bonchev–Trinajstić information content (AvgIpc) is 3.17. The molecule has 0 spiro atoms. The quantitative estimate of drug-likeness (QED) is 0.580. The van der Waals surface area contributed by atoms with Gasteiger partial charge in [0.1, 0.15) is 5.75 Å². The average molecular weight is 398 g/mol. The molecule has 0 fully saturated rings. The van der Waals surface area contributed by atoms with E-state index < -0.39 is 0 Å². The van der Waals surface area contributed by atoms with E-state index in [4.69, 9.17) is 4.74 Å². The van der Waals surface area contributed by atoms with Gasteiger partial charge in [0, 0.05) is 5.69 Å². The molecule has 1 aromatic heterocycles. The summed E-state index contributed by atoms with van der Waals surface area (Å²) in [6.45, 7) is 6.84. The predicted octanol–water partition coefficient (Wildman–Crippen LogP) is 3.92. The minimum atomic E-state index is -0.126. The third-order valence-corrected chi connectivity index (χ3v) is 4.95. The molecule has 146 valence electrons. The maximum atomic E-state index is 12.2. The van der Waals surface area contributed by atoms with E-state index in [0.29, 0.717) is 17.7 Å². The van der Waals surface area contributed by atoms with Crippen molar-refractivity contribution in [3.8, 4) is 11.4 Å². The van der Waals surface area contributed by atoms with Crippen LogP contribution in [0.3, 0.4) is 0 Å². The van der Waals surface area contributed by atoms with E-state index in [2.05, 4.69) is 46.8 Å². The van der Waals surface area contributed by atoms with Crippen molar-refractivity contribution in [3.63, 3.8) is 0 Å². The van der Waals surface area contributed by atoms with Gasteiger partial charge < -0.3 is 10.1 Å². The minimum absolute atomic E-state index is 0.126. The maximum Gasteiger partial charge on any atom is 0.234 e. The maximum absolute atomic E-state index is 12.2. The fourth-order valence-corrected chi connectivity index (χ4v) is 3.25. The summed E-state index contributed by atoms with van der Waals surface area (Å²) in [7, 11) is 0. The minimum Gasteiger partial charge on any atom is -0.494 e. The number of carbonyl (C=O) groups excluding carboxylic acids is 1. The van der Waals surface area contributed by atoms with Crippen LogP contribution in [0.1, 0.15) is 32.3 Å². The molecule has 0 aliphatic heterocycles. The summed E-state index contributed by atoms with van der Waals surface area (Å²) in [5.74, 6) is 1.32. The number of aromatic nitrogens is 4. The second-order valence-electron chi connectivity index (χ2n) is 6.41. The Morgan fingerprint density at radius 2 is 1.86 bits per heavy atom. The summed E-state index contributed by atoms with van der Waals surface area (Å²) in [6, 6.07) is 15.4. The standard InChI is InChI=1S/C20H23N5O2S/c1-4-27-18-11-7-16(8-12-18)21-19(26)13-28-20-22-23-24-25(20)17-9-5-15(6-10-17)14(2)3/h5-12,14H,4,13H2,1-3H3,(H,21,26). The van der Waals surface area contributed by atoms with Crippen molar-refractivity contribution in [2.75, 3.05) is 17.7 Å². The van der Waals surface area contributed by atoms with E-state index in [9.17, 15) is 4.79 Å². The molecule has 0 atom stereocenters. The lowest BCUT2D eigenvalue weighted by molar-refractivity contribution is -0.113. The Labute approximate surface area is 168 Å². The first kappa shape index (κ1) is 19.9.